The van der Waals surface area contributed by atoms with Crippen LogP contribution in [-0.4, -0.2) is 32.9 Å². The average Bonchev–Trinajstić information content (AvgIpc) is 3.49. The van der Waals surface area contributed by atoms with Crippen molar-refractivity contribution in [3.8, 4) is 0 Å². The van der Waals surface area contributed by atoms with Crippen LogP contribution >= 0.6 is 0 Å². The lowest BCUT2D eigenvalue weighted by molar-refractivity contribution is -0.137. The van der Waals surface area contributed by atoms with E-state index in [9.17, 15) is 18.0 Å². The van der Waals surface area contributed by atoms with E-state index in [0.29, 0.717) is 28.2 Å². The van der Waals surface area contributed by atoms with Crippen molar-refractivity contribution in [1.82, 2.24) is 19.9 Å². The number of alkyl halides is 3. The molecule has 5 rings (SSSR count). The minimum absolute atomic E-state index is 0.143. The van der Waals surface area contributed by atoms with Gasteiger partial charge in [-0.2, -0.15) is 18.2 Å². The summed E-state index contributed by atoms with van der Waals surface area (Å²) in [5.74, 6) is 0.0710. The van der Waals surface area contributed by atoms with Crippen LogP contribution in [0.3, 0.4) is 0 Å². The molecule has 1 fully saturated rings. The number of halogens is 3. The second kappa shape index (κ2) is 9.30. The van der Waals surface area contributed by atoms with Gasteiger partial charge in [-0.3, -0.25) is 9.88 Å². The van der Waals surface area contributed by atoms with Crippen molar-refractivity contribution in [3.63, 3.8) is 0 Å². The number of nitrogens with zero attached hydrogens (tertiary/aromatic N) is 3. The van der Waals surface area contributed by atoms with Gasteiger partial charge in [-0.05, 0) is 81.7 Å². The zero-order chi connectivity index (χ0) is 25.4. The summed E-state index contributed by atoms with van der Waals surface area (Å²) in [6.07, 6.45) is -0.808. The molecule has 1 unspecified atom stereocenters. The van der Waals surface area contributed by atoms with E-state index in [0.717, 1.165) is 37.6 Å². The van der Waals surface area contributed by atoms with E-state index in [1.165, 1.54) is 6.07 Å². The van der Waals surface area contributed by atoms with Crippen molar-refractivity contribution in [2.24, 2.45) is 0 Å². The third-order valence-electron chi connectivity index (χ3n) is 6.36. The Labute approximate surface area is 204 Å². The number of hydrogen-bond donors (Lipinski definition) is 3. The van der Waals surface area contributed by atoms with Crippen molar-refractivity contribution in [2.75, 3.05) is 23.7 Å². The second-order valence-corrected chi connectivity index (χ2v) is 8.96. The maximum Gasteiger partial charge on any atom is 0.417 e. The zero-order valence-corrected chi connectivity index (χ0v) is 19.7. The lowest BCUT2D eigenvalue weighted by Gasteiger charge is -2.25. The number of fused-ring (bicyclic) bond motifs is 1. The van der Waals surface area contributed by atoms with Crippen LogP contribution in [-0.2, 0) is 6.18 Å². The number of benzene rings is 2. The van der Waals surface area contributed by atoms with Crippen molar-refractivity contribution < 1.29 is 17.6 Å². The van der Waals surface area contributed by atoms with Crippen LogP contribution in [0.2, 0.25) is 0 Å². The first-order valence-corrected chi connectivity index (χ1v) is 11.6. The molecule has 4 aromatic rings. The van der Waals surface area contributed by atoms with Crippen molar-refractivity contribution in [1.29, 1.82) is 0 Å². The fourth-order valence-electron chi connectivity index (χ4n) is 4.39. The molecular weight excluding hydrogens is 473 g/mol. The van der Waals surface area contributed by atoms with E-state index in [1.807, 2.05) is 13.8 Å². The molecule has 1 atom stereocenters. The summed E-state index contributed by atoms with van der Waals surface area (Å²) in [6.45, 7) is 5.48. The molecule has 3 heterocycles. The summed E-state index contributed by atoms with van der Waals surface area (Å²) in [5.41, 5.74) is 2.46. The molecule has 0 aliphatic carbocycles. The van der Waals surface area contributed by atoms with Crippen LogP contribution in [0.1, 0.15) is 42.5 Å². The van der Waals surface area contributed by atoms with Gasteiger partial charge in [-0.1, -0.05) is 0 Å². The first-order chi connectivity index (χ1) is 17.2. The highest BCUT2D eigenvalue weighted by molar-refractivity contribution is 5.78. The van der Waals surface area contributed by atoms with Crippen molar-refractivity contribution in [3.05, 3.63) is 69.8 Å². The molecule has 0 radical (unpaired) electrons. The molecule has 1 aliphatic heterocycles. The van der Waals surface area contributed by atoms with Crippen LogP contribution in [0, 0.1) is 6.92 Å². The summed E-state index contributed by atoms with van der Waals surface area (Å²) in [6, 6.07) is 8.94. The Kier molecular flexibility index (Phi) is 6.17. The Morgan fingerprint density at radius 3 is 2.61 bits per heavy atom. The number of aromatic nitrogens is 3. The zero-order valence-electron chi connectivity index (χ0n) is 19.7. The maximum absolute atomic E-state index is 13.7. The summed E-state index contributed by atoms with van der Waals surface area (Å²) in [4.78, 5) is 24.9. The molecule has 0 saturated carbocycles. The molecule has 2 aromatic heterocycles. The topological polar surface area (TPSA) is 99.1 Å². The first kappa shape index (κ1) is 23.9. The Morgan fingerprint density at radius 2 is 1.86 bits per heavy atom. The first-order valence-electron chi connectivity index (χ1n) is 11.6. The highest BCUT2D eigenvalue weighted by Crippen LogP contribution is 2.36. The van der Waals surface area contributed by atoms with Crippen LogP contribution < -0.4 is 16.4 Å². The van der Waals surface area contributed by atoms with Gasteiger partial charge in [0.25, 0.3) is 0 Å². The van der Waals surface area contributed by atoms with Crippen LogP contribution in [0.15, 0.2) is 51.8 Å². The van der Waals surface area contributed by atoms with E-state index in [2.05, 4.69) is 30.5 Å². The molecular formula is C25H25F3N6O2. The monoisotopic (exact) mass is 498 g/mol. The lowest BCUT2D eigenvalue weighted by atomic mass is 10.0. The van der Waals surface area contributed by atoms with Crippen LogP contribution in [0.25, 0.3) is 11.1 Å². The van der Waals surface area contributed by atoms with Gasteiger partial charge in [0.2, 0.25) is 5.95 Å². The molecule has 36 heavy (non-hydrogen) atoms. The predicted molar refractivity (Wildman–Crippen MR) is 131 cm³/mol. The summed E-state index contributed by atoms with van der Waals surface area (Å²) in [7, 11) is 0. The van der Waals surface area contributed by atoms with E-state index in [1.54, 1.807) is 30.5 Å². The SMILES string of the molecule is Cc1cnc(Nc2cc(C(C)N3CCCC3)cc(C(F)(F)F)c2)nc1Nc1ccc2oc(=O)[nH]c2c1. The Balaban J connectivity index is 1.43. The number of aromatic amines is 1. The Morgan fingerprint density at radius 1 is 1.08 bits per heavy atom. The normalized spacial score (nSPS) is 15.4. The summed E-state index contributed by atoms with van der Waals surface area (Å²) < 4.78 is 46.1. The van der Waals surface area contributed by atoms with Gasteiger partial charge in [-0.15, -0.1) is 0 Å². The molecule has 3 N–H and O–H groups in total. The van der Waals surface area contributed by atoms with Gasteiger partial charge < -0.3 is 15.1 Å². The third-order valence-corrected chi connectivity index (χ3v) is 6.36. The van der Waals surface area contributed by atoms with E-state index in [-0.39, 0.29) is 17.7 Å². The molecule has 0 bridgehead atoms. The fourth-order valence-corrected chi connectivity index (χ4v) is 4.39. The average molecular weight is 499 g/mol. The van der Waals surface area contributed by atoms with Gasteiger partial charge in [0.15, 0.2) is 5.58 Å². The van der Waals surface area contributed by atoms with Crippen LogP contribution in [0.4, 0.5) is 36.3 Å². The molecule has 11 heteroatoms. The van der Waals surface area contributed by atoms with E-state index >= 15 is 0 Å². The fraction of sp³-hybridized carbons (Fsp3) is 0.320. The minimum Gasteiger partial charge on any atom is -0.408 e. The van der Waals surface area contributed by atoms with Gasteiger partial charge in [0.1, 0.15) is 5.82 Å². The third kappa shape index (κ3) is 5.06. The highest BCUT2D eigenvalue weighted by Gasteiger charge is 2.32. The van der Waals surface area contributed by atoms with Gasteiger partial charge in [0.05, 0.1) is 11.1 Å². The van der Waals surface area contributed by atoms with E-state index in [4.69, 9.17) is 4.42 Å². The largest absolute Gasteiger partial charge is 0.417 e. The molecule has 1 aliphatic rings. The van der Waals surface area contributed by atoms with Gasteiger partial charge in [-0.25, -0.2) is 9.78 Å². The Bertz CT molecular complexity index is 1460. The number of rotatable bonds is 6. The highest BCUT2D eigenvalue weighted by atomic mass is 19.4. The quantitative estimate of drug-likeness (QED) is 0.305. The number of H-pyrrole nitrogens is 1. The lowest BCUT2D eigenvalue weighted by Crippen LogP contribution is -2.23. The number of nitrogens with one attached hydrogen (secondary N) is 3. The standard InChI is InChI=1S/C25H25F3N6O2/c1-14-13-29-23(33-22(14)30-18-5-6-21-20(12-18)32-24(35)36-21)31-19-10-16(9-17(11-19)25(26,27)28)15(2)34-7-3-4-8-34/h5-6,9-13,15H,3-4,7-8H2,1-2H3,(H,32,35)(H2,29,30,31,33). The summed E-state index contributed by atoms with van der Waals surface area (Å²) in [5, 5.41) is 6.11. The number of oxazole rings is 1. The van der Waals surface area contributed by atoms with E-state index < -0.39 is 17.5 Å². The molecule has 2 aromatic carbocycles. The van der Waals surface area contributed by atoms with Gasteiger partial charge in [0, 0.05) is 29.2 Å². The molecule has 0 amide bonds. The maximum atomic E-state index is 13.7. The molecule has 8 nitrogen and oxygen atoms in total. The minimum atomic E-state index is -4.48. The number of likely N-dealkylation sites (tertiary alicyclic amines) is 1. The second-order valence-electron chi connectivity index (χ2n) is 8.96. The number of anilines is 4. The van der Waals surface area contributed by atoms with Crippen molar-refractivity contribution in [2.45, 2.75) is 38.9 Å². The molecule has 1 saturated heterocycles. The molecule has 188 valence electrons. The summed E-state index contributed by atoms with van der Waals surface area (Å²) >= 11 is 0. The number of aryl methyl sites for hydroxylation is 1. The van der Waals surface area contributed by atoms with Gasteiger partial charge >= 0.3 is 11.9 Å². The number of hydrogen-bond acceptors (Lipinski definition) is 7. The molecule has 0 spiro atoms. The predicted octanol–water partition coefficient (Wildman–Crippen LogP) is 5.88. The van der Waals surface area contributed by atoms with Crippen molar-refractivity contribution >= 4 is 34.2 Å². The smallest absolute Gasteiger partial charge is 0.408 e. The Hall–Kier alpha value is -3.86. The van der Waals surface area contributed by atoms with Crippen LogP contribution in [0.5, 0.6) is 0 Å².